The van der Waals surface area contributed by atoms with Gasteiger partial charge in [-0.05, 0) is 25.8 Å². The first-order valence-electron chi connectivity index (χ1n) is 7.70. The lowest BCUT2D eigenvalue weighted by Crippen LogP contribution is -2.30. The molecule has 1 N–H and O–H groups in total. The molecule has 0 aliphatic rings. The van der Waals surface area contributed by atoms with Gasteiger partial charge in [0.25, 0.3) is 11.6 Å². The minimum absolute atomic E-state index is 0.170. The first-order chi connectivity index (χ1) is 11.9. The van der Waals surface area contributed by atoms with Crippen molar-refractivity contribution in [3.05, 3.63) is 39.4 Å². The van der Waals surface area contributed by atoms with Crippen LogP contribution in [-0.2, 0) is 19.1 Å². The minimum Gasteiger partial charge on any atom is -0.466 e. The lowest BCUT2D eigenvalue weighted by molar-refractivity contribution is -0.385. The Morgan fingerprint density at radius 3 is 2.60 bits per heavy atom. The first-order valence-corrected chi connectivity index (χ1v) is 7.70. The van der Waals surface area contributed by atoms with Crippen LogP contribution in [0.3, 0.4) is 0 Å². The van der Waals surface area contributed by atoms with E-state index in [0.717, 1.165) is 0 Å². The van der Waals surface area contributed by atoms with Crippen molar-refractivity contribution in [2.24, 2.45) is 0 Å². The fourth-order valence-corrected chi connectivity index (χ4v) is 2.02. The van der Waals surface area contributed by atoms with E-state index in [0.29, 0.717) is 18.6 Å². The van der Waals surface area contributed by atoms with Gasteiger partial charge in [-0.3, -0.25) is 19.7 Å². The Hall–Kier alpha value is -2.97. The minimum atomic E-state index is -0.938. The molecule has 0 spiro atoms. The van der Waals surface area contributed by atoms with Crippen molar-refractivity contribution in [1.82, 2.24) is 5.32 Å². The maximum Gasteiger partial charge on any atom is 0.345 e. The number of hydrogen-bond donors (Lipinski definition) is 1. The first kappa shape index (κ1) is 20.1. The van der Waals surface area contributed by atoms with Gasteiger partial charge in [0.2, 0.25) is 0 Å². The third kappa shape index (κ3) is 6.58. The molecule has 1 amide bonds. The Kier molecular flexibility index (Phi) is 8.04. The Bertz CT molecular complexity index is 658. The molecule has 0 radical (unpaired) electrons. The van der Waals surface area contributed by atoms with Crippen LogP contribution in [0.1, 0.15) is 35.7 Å². The smallest absolute Gasteiger partial charge is 0.345 e. The van der Waals surface area contributed by atoms with E-state index in [4.69, 9.17) is 9.47 Å². The maximum atomic E-state index is 12.0. The molecule has 9 nitrogen and oxygen atoms in total. The zero-order valence-electron chi connectivity index (χ0n) is 14.1. The molecule has 0 heterocycles. The fourth-order valence-electron chi connectivity index (χ4n) is 2.02. The van der Waals surface area contributed by atoms with E-state index in [1.165, 1.54) is 12.1 Å². The number of nitrogens with zero attached hydrogens (tertiary/aromatic N) is 1. The number of benzene rings is 1. The van der Waals surface area contributed by atoms with Gasteiger partial charge in [0.15, 0.2) is 6.61 Å². The van der Waals surface area contributed by atoms with Crippen LogP contribution >= 0.6 is 0 Å². The number of amides is 1. The number of nitrogens with one attached hydrogen (secondary N) is 1. The molecule has 1 aromatic carbocycles. The summed E-state index contributed by atoms with van der Waals surface area (Å²) in [6, 6.07) is 4.19. The van der Waals surface area contributed by atoms with Gasteiger partial charge in [-0.25, -0.2) is 4.79 Å². The van der Waals surface area contributed by atoms with E-state index in [1.54, 1.807) is 19.9 Å². The second-order valence-corrected chi connectivity index (χ2v) is 5.06. The lowest BCUT2D eigenvalue weighted by atomic mass is 10.1. The molecule has 0 saturated heterocycles. The average Bonchev–Trinajstić information content (AvgIpc) is 2.56. The lowest BCUT2D eigenvalue weighted by Gasteiger charge is -2.08. The van der Waals surface area contributed by atoms with E-state index < -0.39 is 23.4 Å². The summed E-state index contributed by atoms with van der Waals surface area (Å²) in [5.74, 6) is -1.85. The Balaban J connectivity index is 2.46. The van der Waals surface area contributed by atoms with Gasteiger partial charge in [0, 0.05) is 19.0 Å². The number of carbonyl (C=O) groups is 3. The number of esters is 2. The van der Waals surface area contributed by atoms with Crippen molar-refractivity contribution in [2.45, 2.75) is 26.7 Å². The number of nitro groups is 1. The molecule has 136 valence electrons. The van der Waals surface area contributed by atoms with Crippen LogP contribution in [-0.4, -0.2) is 42.5 Å². The Morgan fingerprint density at radius 1 is 1.24 bits per heavy atom. The maximum absolute atomic E-state index is 12.0. The van der Waals surface area contributed by atoms with Crippen molar-refractivity contribution >= 4 is 23.5 Å². The van der Waals surface area contributed by atoms with Crippen LogP contribution in [0.4, 0.5) is 5.69 Å². The van der Waals surface area contributed by atoms with Crippen LogP contribution in [0.2, 0.25) is 0 Å². The van der Waals surface area contributed by atoms with Crippen LogP contribution in [0, 0.1) is 17.0 Å². The van der Waals surface area contributed by atoms with Crippen LogP contribution in [0.25, 0.3) is 0 Å². The monoisotopic (exact) mass is 352 g/mol. The van der Waals surface area contributed by atoms with Crippen LogP contribution in [0.15, 0.2) is 18.2 Å². The summed E-state index contributed by atoms with van der Waals surface area (Å²) < 4.78 is 9.57. The molecule has 1 aromatic rings. The third-order valence-electron chi connectivity index (χ3n) is 3.17. The fraction of sp³-hybridized carbons (Fsp3) is 0.438. The van der Waals surface area contributed by atoms with Crippen molar-refractivity contribution in [3.63, 3.8) is 0 Å². The highest BCUT2D eigenvalue weighted by molar-refractivity contribution is 5.96. The number of carbonyl (C=O) groups excluding carboxylic acids is 3. The highest BCUT2D eigenvalue weighted by atomic mass is 16.6. The molecule has 0 bridgehead atoms. The topological polar surface area (TPSA) is 125 Å². The van der Waals surface area contributed by atoms with Gasteiger partial charge >= 0.3 is 11.9 Å². The highest BCUT2D eigenvalue weighted by Crippen LogP contribution is 2.22. The summed E-state index contributed by atoms with van der Waals surface area (Å²) in [6.45, 7) is 3.20. The van der Waals surface area contributed by atoms with Crippen molar-refractivity contribution in [1.29, 1.82) is 0 Å². The van der Waals surface area contributed by atoms with Crippen LogP contribution in [0.5, 0.6) is 0 Å². The van der Waals surface area contributed by atoms with Gasteiger partial charge in [0.1, 0.15) is 5.56 Å². The number of hydrogen-bond acceptors (Lipinski definition) is 7. The molecule has 0 fully saturated rings. The summed E-state index contributed by atoms with van der Waals surface area (Å²) in [7, 11) is 0. The average molecular weight is 352 g/mol. The van der Waals surface area contributed by atoms with E-state index in [2.05, 4.69) is 5.32 Å². The SMILES string of the molecule is CCOC(=O)CCCNC(=O)COC(=O)c1c(C)cccc1[N+](=O)[O-]. The number of ether oxygens (including phenoxy) is 2. The van der Waals surface area contributed by atoms with E-state index in [9.17, 15) is 24.5 Å². The van der Waals surface area contributed by atoms with Gasteiger partial charge in [0.05, 0.1) is 11.5 Å². The summed E-state index contributed by atoms with van der Waals surface area (Å²) in [5, 5.41) is 13.5. The van der Waals surface area contributed by atoms with Crippen molar-refractivity contribution in [2.75, 3.05) is 19.8 Å². The predicted molar refractivity (Wildman–Crippen MR) is 87.0 cm³/mol. The summed E-state index contributed by atoms with van der Waals surface area (Å²) in [4.78, 5) is 45.0. The molecule has 0 aliphatic carbocycles. The van der Waals surface area contributed by atoms with Crippen molar-refractivity contribution in [3.8, 4) is 0 Å². The second kappa shape index (κ2) is 10.0. The molecule has 0 saturated carbocycles. The van der Waals surface area contributed by atoms with E-state index in [-0.39, 0.29) is 30.2 Å². The largest absolute Gasteiger partial charge is 0.466 e. The molecular formula is C16H20N2O7. The van der Waals surface area contributed by atoms with Gasteiger partial charge in [-0.2, -0.15) is 0 Å². The summed E-state index contributed by atoms with van der Waals surface area (Å²) >= 11 is 0. The Labute approximate surface area is 144 Å². The molecule has 0 unspecified atom stereocenters. The predicted octanol–water partition coefficient (Wildman–Crippen LogP) is 1.52. The Morgan fingerprint density at radius 2 is 1.96 bits per heavy atom. The molecule has 0 atom stereocenters. The second-order valence-electron chi connectivity index (χ2n) is 5.06. The van der Waals surface area contributed by atoms with E-state index in [1.807, 2.05) is 0 Å². The summed E-state index contributed by atoms with van der Waals surface area (Å²) in [6.07, 6.45) is 0.561. The van der Waals surface area contributed by atoms with Gasteiger partial charge in [-0.15, -0.1) is 0 Å². The molecule has 0 aromatic heterocycles. The zero-order valence-corrected chi connectivity index (χ0v) is 14.1. The number of nitro benzene ring substituents is 1. The number of aryl methyl sites for hydroxylation is 1. The molecule has 9 heteroatoms. The standard InChI is InChI=1S/C16H20N2O7/c1-3-24-14(20)8-5-9-17-13(19)10-25-16(21)15-11(2)6-4-7-12(15)18(22)23/h4,6-7H,3,5,8-10H2,1-2H3,(H,17,19). The van der Waals surface area contributed by atoms with Gasteiger partial charge < -0.3 is 14.8 Å². The molecule has 25 heavy (non-hydrogen) atoms. The number of rotatable bonds is 9. The van der Waals surface area contributed by atoms with Crippen LogP contribution < -0.4 is 5.32 Å². The zero-order chi connectivity index (χ0) is 18.8. The molecule has 0 aliphatic heterocycles. The summed E-state index contributed by atoms with van der Waals surface area (Å²) in [5.41, 5.74) is -0.170. The molecule has 1 rings (SSSR count). The highest BCUT2D eigenvalue weighted by Gasteiger charge is 2.24. The quantitative estimate of drug-likeness (QED) is 0.309. The van der Waals surface area contributed by atoms with Gasteiger partial charge in [-0.1, -0.05) is 12.1 Å². The molecular weight excluding hydrogens is 332 g/mol. The third-order valence-corrected chi connectivity index (χ3v) is 3.17. The van der Waals surface area contributed by atoms with Crippen molar-refractivity contribution < 1.29 is 28.8 Å². The van der Waals surface area contributed by atoms with E-state index >= 15 is 0 Å². The normalized spacial score (nSPS) is 10.0.